The molecule has 6 heteroatoms. The van der Waals surface area contributed by atoms with E-state index in [1.54, 1.807) is 10.9 Å². The second-order valence-corrected chi connectivity index (χ2v) is 7.52. The standard InChI is InChI=1S/C22H21N5O/c1-26(15-22(12-13-22)16-8-4-2-5-9-16)21-24-19-18(20(28)25-21)14-23-27(19)17-10-6-3-7-11-17/h2-11,14H,12-13,15H2,1H3,(H,24,25,28). The maximum absolute atomic E-state index is 12.6. The monoisotopic (exact) mass is 371 g/mol. The van der Waals surface area contributed by atoms with E-state index in [0.29, 0.717) is 17.0 Å². The minimum atomic E-state index is -0.168. The van der Waals surface area contributed by atoms with Gasteiger partial charge in [-0.1, -0.05) is 48.5 Å². The molecule has 2 aromatic heterocycles. The van der Waals surface area contributed by atoms with Gasteiger partial charge in [-0.25, -0.2) is 4.68 Å². The lowest BCUT2D eigenvalue weighted by molar-refractivity contribution is 0.662. The summed E-state index contributed by atoms with van der Waals surface area (Å²) in [6.07, 6.45) is 3.87. The van der Waals surface area contributed by atoms with Crippen LogP contribution in [0.15, 0.2) is 71.7 Å². The van der Waals surface area contributed by atoms with Crippen molar-refractivity contribution >= 4 is 17.0 Å². The quantitative estimate of drug-likeness (QED) is 0.585. The van der Waals surface area contributed by atoms with Crippen LogP contribution >= 0.6 is 0 Å². The van der Waals surface area contributed by atoms with E-state index in [9.17, 15) is 4.79 Å². The Kier molecular flexibility index (Phi) is 3.79. The summed E-state index contributed by atoms with van der Waals surface area (Å²) in [6, 6.07) is 20.3. The van der Waals surface area contributed by atoms with Crippen molar-refractivity contribution in [3.8, 4) is 5.69 Å². The molecule has 0 spiro atoms. The van der Waals surface area contributed by atoms with Crippen molar-refractivity contribution < 1.29 is 0 Å². The molecule has 0 unspecified atom stereocenters. The lowest BCUT2D eigenvalue weighted by Crippen LogP contribution is -2.31. The molecular formula is C22H21N5O. The van der Waals surface area contributed by atoms with Crippen LogP contribution in [-0.2, 0) is 5.41 Å². The van der Waals surface area contributed by atoms with Crippen LogP contribution < -0.4 is 10.5 Å². The number of hydrogen-bond acceptors (Lipinski definition) is 4. The fourth-order valence-electron chi connectivity index (χ4n) is 3.86. The molecule has 1 saturated carbocycles. The number of H-pyrrole nitrogens is 1. The Bertz CT molecular complexity index is 1180. The highest BCUT2D eigenvalue weighted by atomic mass is 16.1. The maximum atomic E-state index is 12.6. The van der Waals surface area contributed by atoms with Crippen LogP contribution in [-0.4, -0.2) is 33.3 Å². The largest absolute Gasteiger partial charge is 0.344 e. The molecule has 1 aliphatic rings. The summed E-state index contributed by atoms with van der Waals surface area (Å²) >= 11 is 0. The summed E-state index contributed by atoms with van der Waals surface area (Å²) in [5.41, 5.74) is 2.77. The second kappa shape index (κ2) is 6.34. The Balaban J connectivity index is 1.52. The fraction of sp³-hybridized carbons (Fsp3) is 0.227. The zero-order valence-electron chi connectivity index (χ0n) is 15.7. The van der Waals surface area contributed by atoms with Gasteiger partial charge < -0.3 is 4.90 Å². The summed E-state index contributed by atoms with van der Waals surface area (Å²) in [5, 5.41) is 4.87. The van der Waals surface area contributed by atoms with Gasteiger partial charge in [0.1, 0.15) is 5.39 Å². The van der Waals surface area contributed by atoms with Gasteiger partial charge in [-0.2, -0.15) is 10.1 Å². The molecule has 0 aliphatic heterocycles. The van der Waals surface area contributed by atoms with E-state index in [2.05, 4.69) is 34.3 Å². The van der Waals surface area contributed by atoms with Crippen LogP contribution in [0, 0.1) is 0 Å². The number of hydrogen-bond donors (Lipinski definition) is 1. The third kappa shape index (κ3) is 2.78. The molecule has 1 N–H and O–H groups in total. The van der Waals surface area contributed by atoms with E-state index in [0.717, 1.165) is 25.1 Å². The Morgan fingerprint density at radius 1 is 1.07 bits per heavy atom. The van der Waals surface area contributed by atoms with Crippen LogP contribution in [0.3, 0.4) is 0 Å². The molecule has 0 radical (unpaired) electrons. The molecule has 0 atom stereocenters. The first-order chi connectivity index (χ1) is 13.7. The highest BCUT2D eigenvalue weighted by Gasteiger charge is 2.45. The van der Waals surface area contributed by atoms with E-state index in [1.807, 2.05) is 48.3 Å². The lowest BCUT2D eigenvalue weighted by Gasteiger charge is -2.24. The average Bonchev–Trinajstić information content (AvgIpc) is 3.38. The topological polar surface area (TPSA) is 66.8 Å². The van der Waals surface area contributed by atoms with Gasteiger partial charge in [0.25, 0.3) is 5.56 Å². The van der Waals surface area contributed by atoms with Crippen LogP contribution in [0.1, 0.15) is 18.4 Å². The van der Waals surface area contributed by atoms with Gasteiger partial charge in [0.05, 0.1) is 11.9 Å². The molecule has 5 rings (SSSR count). The minimum absolute atomic E-state index is 0.142. The van der Waals surface area contributed by atoms with Crippen LogP contribution in [0.25, 0.3) is 16.7 Å². The Hall–Kier alpha value is -3.41. The molecule has 1 fully saturated rings. The molecule has 2 aromatic carbocycles. The van der Waals surface area contributed by atoms with Gasteiger partial charge in [-0.05, 0) is 30.5 Å². The van der Waals surface area contributed by atoms with Crippen LogP contribution in [0.4, 0.5) is 5.95 Å². The molecule has 4 aromatic rings. The van der Waals surface area contributed by atoms with E-state index in [1.165, 1.54) is 5.56 Å². The number of benzene rings is 2. The van der Waals surface area contributed by atoms with E-state index < -0.39 is 0 Å². The first kappa shape index (κ1) is 16.7. The number of nitrogens with zero attached hydrogens (tertiary/aromatic N) is 4. The highest BCUT2D eigenvalue weighted by Crippen LogP contribution is 2.48. The zero-order chi connectivity index (χ0) is 19.1. The summed E-state index contributed by atoms with van der Waals surface area (Å²) in [4.78, 5) is 22.3. The third-order valence-electron chi connectivity index (χ3n) is 5.57. The lowest BCUT2D eigenvalue weighted by atomic mass is 9.95. The van der Waals surface area contributed by atoms with E-state index >= 15 is 0 Å². The normalized spacial score (nSPS) is 14.9. The van der Waals surface area contributed by atoms with E-state index in [-0.39, 0.29) is 11.0 Å². The number of nitrogens with one attached hydrogen (secondary N) is 1. The van der Waals surface area contributed by atoms with Gasteiger partial charge in [0, 0.05) is 19.0 Å². The number of fused-ring (bicyclic) bond motifs is 1. The number of anilines is 1. The van der Waals surface area contributed by atoms with Crippen molar-refractivity contribution in [1.82, 2.24) is 19.7 Å². The second-order valence-electron chi connectivity index (χ2n) is 7.52. The molecule has 6 nitrogen and oxygen atoms in total. The van der Waals surface area contributed by atoms with Crippen LogP contribution in [0.2, 0.25) is 0 Å². The number of aromatic amines is 1. The van der Waals surface area contributed by atoms with Crippen molar-refractivity contribution in [3.05, 3.63) is 82.8 Å². The van der Waals surface area contributed by atoms with Gasteiger partial charge in [-0.15, -0.1) is 0 Å². The third-order valence-corrected chi connectivity index (χ3v) is 5.57. The predicted molar refractivity (Wildman–Crippen MR) is 110 cm³/mol. The van der Waals surface area contributed by atoms with Crippen molar-refractivity contribution in [2.24, 2.45) is 0 Å². The number of likely N-dealkylation sites (N-methyl/N-ethyl adjacent to an activating group) is 1. The number of aromatic nitrogens is 4. The average molecular weight is 371 g/mol. The molecule has 0 amide bonds. The van der Waals surface area contributed by atoms with Gasteiger partial charge >= 0.3 is 0 Å². The van der Waals surface area contributed by atoms with Crippen molar-refractivity contribution in [2.45, 2.75) is 18.3 Å². The summed E-state index contributed by atoms with van der Waals surface area (Å²) < 4.78 is 1.71. The molecular weight excluding hydrogens is 350 g/mol. The molecule has 0 bridgehead atoms. The summed E-state index contributed by atoms with van der Waals surface area (Å²) in [7, 11) is 1.98. The number of rotatable bonds is 5. The smallest absolute Gasteiger partial charge is 0.263 e. The summed E-state index contributed by atoms with van der Waals surface area (Å²) in [6.45, 7) is 0.810. The molecule has 0 saturated heterocycles. The minimum Gasteiger partial charge on any atom is -0.344 e. The Morgan fingerprint density at radius 3 is 2.43 bits per heavy atom. The van der Waals surface area contributed by atoms with Gasteiger partial charge in [-0.3, -0.25) is 9.78 Å². The zero-order valence-corrected chi connectivity index (χ0v) is 15.7. The first-order valence-electron chi connectivity index (χ1n) is 9.46. The number of para-hydroxylation sites is 1. The van der Waals surface area contributed by atoms with E-state index in [4.69, 9.17) is 4.98 Å². The Morgan fingerprint density at radius 2 is 1.75 bits per heavy atom. The first-order valence-corrected chi connectivity index (χ1v) is 9.46. The Labute approximate surface area is 162 Å². The predicted octanol–water partition coefficient (Wildman–Crippen LogP) is 3.28. The fourth-order valence-corrected chi connectivity index (χ4v) is 3.86. The molecule has 1 aliphatic carbocycles. The van der Waals surface area contributed by atoms with Gasteiger partial charge in [0.2, 0.25) is 5.95 Å². The maximum Gasteiger partial charge on any atom is 0.263 e. The molecule has 2 heterocycles. The van der Waals surface area contributed by atoms with Gasteiger partial charge in [0.15, 0.2) is 5.65 Å². The SMILES string of the molecule is CN(CC1(c2ccccc2)CC1)c1nc2c(cnn2-c2ccccc2)c(=O)[nH]1. The van der Waals surface area contributed by atoms with Crippen molar-refractivity contribution in [1.29, 1.82) is 0 Å². The molecule has 140 valence electrons. The van der Waals surface area contributed by atoms with Crippen LogP contribution in [0.5, 0.6) is 0 Å². The van der Waals surface area contributed by atoms with Crippen molar-refractivity contribution in [3.63, 3.8) is 0 Å². The van der Waals surface area contributed by atoms with Crippen molar-refractivity contribution in [2.75, 3.05) is 18.5 Å². The summed E-state index contributed by atoms with van der Waals surface area (Å²) in [5.74, 6) is 0.567. The molecule has 28 heavy (non-hydrogen) atoms. The highest BCUT2D eigenvalue weighted by molar-refractivity contribution is 5.76.